The Morgan fingerprint density at radius 1 is 0.913 bits per heavy atom. The van der Waals surface area contributed by atoms with Crippen molar-refractivity contribution in [3.8, 4) is 45.1 Å². The number of nitrogens with zero attached hydrogens (tertiary/aromatic N) is 3. The van der Waals surface area contributed by atoms with Gasteiger partial charge in [-0.3, -0.25) is 4.79 Å². The molecule has 0 aliphatic carbocycles. The van der Waals surface area contributed by atoms with Crippen LogP contribution in [-0.4, -0.2) is 61.1 Å². The maximum atomic E-state index is 13.4. The maximum absolute atomic E-state index is 13.4. The summed E-state index contributed by atoms with van der Waals surface area (Å²) in [7, 11) is 0. The van der Waals surface area contributed by atoms with E-state index in [2.05, 4.69) is 48.8 Å². The van der Waals surface area contributed by atoms with Crippen molar-refractivity contribution in [2.45, 2.75) is 70.9 Å². The van der Waals surface area contributed by atoms with E-state index in [0.717, 1.165) is 94.3 Å². The van der Waals surface area contributed by atoms with E-state index < -0.39 is 12.1 Å². The molecule has 8 rings (SSSR count). The highest BCUT2D eigenvalue weighted by Crippen LogP contribution is 2.51. The van der Waals surface area contributed by atoms with Gasteiger partial charge in [-0.2, -0.15) is 0 Å². The van der Waals surface area contributed by atoms with Crippen LogP contribution in [0, 0.1) is 5.92 Å². The van der Waals surface area contributed by atoms with Gasteiger partial charge in [0.1, 0.15) is 42.4 Å². The maximum Gasteiger partial charge on any atom is 0.405 e. The number of hydrogen-bond acceptors (Lipinski definition) is 7. The van der Waals surface area contributed by atoms with Crippen molar-refractivity contribution in [1.29, 1.82) is 0 Å². The number of carboxylic acid groups (broad SMARTS) is 1. The Labute approximate surface area is 265 Å². The van der Waals surface area contributed by atoms with Gasteiger partial charge in [0.25, 0.3) is 0 Å². The third-order valence-corrected chi connectivity index (χ3v) is 9.65. The molecule has 238 valence electrons. The van der Waals surface area contributed by atoms with Crippen LogP contribution in [0.3, 0.4) is 0 Å². The van der Waals surface area contributed by atoms with Crippen LogP contribution < -0.4 is 20.1 Å². The van der Waals surface area contributed by atoms with E-state index in [0.29, 0.717) is 25.6 Å². The molecular formula is C34H37N7O5. The Bertz CT molecular complexity index is 1790. The van der Waals surface area contributed by atoms with Crippen LogP contribution in [0.5, 0.6) is 11.5 Å². The van der Waals surface area contributed by atoms with E-state index in [9.17, 15) is 14.7 Å². The molecule has 0 unspecified atom stereocenters. The Hall–Kier alpha value is -4.84. The number of hydrogen-bond donors (Lipinski definition) is 5. The average molecular weight is 624 g/mol. The molecule has 0 spiro atoms. The second kappa shape index (κ2) is 11.2. The minimum Gasteiger partial charge on any atom is -0.488 e. The van der Waals surface area contributed by atoms with Crippen molar-refractivity contribution in [3.05, 3.63) is 59.4 Å². The molecule has 4 aromatic rings. The normalized spacial score (nSPS) is 20.3. The first-order valence-electron chi connectivity index (χ1n) is 16.1. The van der Waals surface area contributed by atoms with Crippen molar-refractivity contribution < 1.29 is 24.2 Å². The molecule has 0 saturated carbocycles. The SMILES string of the molecule is CC(C)[C@H](NC(=O)O)C(=O)N1CCC[C@H]1c1ncc(-c2cc3c4c(c2)OCc2cc(-c5cnc([C@@H]6CCCN6)[nH]5)cc(c2-4)OC3)[nH]1. The number of benzene rings is 2. The molecule has 2 fully saturated rings. The predicted molar refractivity (Wildman–Crippen MR) is 169 cm³/mol. The summed E-state index contributed by atoms with van der Waals surface area (Å²) in [5.74, 6) is 2.91. The summed E-state index contributed by atoms with van der Waals surface area (Å²) in [6, 6.07) is 7.63. The molecule has 0 bridgehead atoms. The number of ether oxygens (including phenoxy) is 2. The fourth-order valence-electron chi connectivity index (χ4n) is 7.36. The smallest absolute Gasteiger partial charge is 0.405 e. The quantitative estimate of drug-likeness (QED) is 0.186. The monoisotopic (exact) mass is 623 g/mol. The number of H-pyrrole nitrogens is 2. The first-order chi connectivity index (χ1) is 22.3. The lowest BCUT2D eigenvalue weighted by atomic mass is 9.87. The molecule has 5 N–H and O–H groups in total. The highest BCUT2D eigenvalue weighted by molar-refractivity contribution is 5.89. The molecule has 12 nitrogen and oxygen atoms in total. The molecule has 4 aliphatic rings. The topological polar surface area (TPSA) is 157 Å². The third-order valence-electron chi connectivity index (χ3n) is 9.65. The molecule has 0 radical (unpaired) electrons. The zero-order valence-electron chi connectivity index (χ0n) is 25.9. The molecule has 12 heteroatoms. The number of carbonyl (C=O) groups excluding carboxylic acids is 1. The largest absolute Gasteiger partial charge is 0.488 e. The van der Waals surface area contributed by atoms with Crippen LogP contribution in [0.2, 0.25) is 0 Å². The first-order valence-corrected chi connectivity index (χ1v) is 16.1. The molecule has 46 heavy (non-hydrogen) atoms. The highest BCUT2D eigenvalue weighted by atomic mass is 16.5. The number of rotatable bonds is 7. The Balaban J connectivity index is 1.06. The van der Waals surface area contributed by atoms with Crippen LogP contribution >= 0.6 is 0 Å². The number of amides is 2. The van der Waals surface area contributed by atoms with Gasteiger partial charge in [-0.1, -0.05) is 13.8 Å². The molecule has 2 aromatic carbocycles. The number of aromatic nitrogens is 4. The summed E-state index contributed by atoms with van der Waals surface area (Å²) >= 11 is 0. The summed E-state index contributed by atoms with van der Waals surface area (Å²) in [5, 5.41) is 15.2. The zero-order chi connectivity index (χ0) is 31.5. The van der Waals surface area contributed by atoms with Crippen LogP contribution in [0.15, 0.2) is 36.7 Å². The molecular weight excluding hydrogens is 586 g/mol. The van der Waals surface area contributed by atoms with Gasteiger partial charge in [0, 0.05) is 39.9 Å². The lowest BCUT2D eigenvalue weighted by Crippen LogP contribution is -2.50. The molecule has 3 atom stereocenters. The van der Waals surface area contributed by atoms with Gasteiger partial charge in [0.2, 0.25) is 5.91 Å². The molecule has 4 aliphatic heterocycles. The Kier molecular flexibility index (Phi) is 6.97. The fourth-order valence-corrected chi connectivity index (χ4v) is 7.36. The summed E-state index contributed by atoms with van der Waals surface area (Å²) in [6.07, 6.45) is 6.31. The number of nitrogens with one attached hydrogen (secondary N) is 4. The lowest BCUT2D eigenvalue weighted by molar-refractivity contribution is -0.135. The summed E-state index contributed by atoms with van der Waals surface area (Å²) in [6.45, 7) is 6.09. The van der Waals surface area contributed by atoms with Crippen LogP contribution in [-0.2, 0) is 18.0 Å². The van der Waals surface area contributed by atoms with Crippen molar-refractivity contribution in [1.82, 2.24) is 35.5 Å². The van der Waals surface area contributed by atoms with Crippen molar-refractivity contribution in [2.24, 2.45) is 5.92 Å². The fraction of sp³-hybridized carbons (Fsp3) is 0.412. The van der Waals surface area contributed by atoms with Gasteiger partial charge in [0.05, 0.1) is 35.9 Å². The standard InChI is InChI=1S/C34H37N7O5/c1-17(2)30(40-34(43)44)33(42)41-8-4-6-25(41)32-37-14-24(39-32)19-10-21-16-45-26-11-18(9-20-15-46-27(12-19)29(21)28(20)26)23-13-36-31(38-23)22-5-3-7-35-22/h9-14,17,22,25,30,35,40H,3-8,15-16H2,1-2H3,(H,36,38)(H,37,39)(H,43,44)/t22-,25-,30-/m0/s1. The van der Waals surface area contributed by atoms with E-state index in [4.69, 9.17) is 9.47 Å². The van der Waals surface area contributed by atoms with Gasteiger partial charge in [-0.25, -0.2) is 14.8 Å². The second-order valence-electron chi connectivity index (χ2n) is 13.0. The summed E-state index contributed by atoms with van der Waals surface area (Å²) in [5.41, 5.74) is 8.00. The van der Waals surface area contributed by atoms with Gasteiger partial charge in [-0.15, -0.1) is 0 Å². The van der Waals surface area contributed by atoms with E-state index in [-0.39, 0.29) is 23.9 Å². The van der Waals surface area contributed by atoms with Crippen LogP contribution in [0.25, 0.3) is 33.6 Å². The number of imidazole rings is 2. The van der Waals surface area contributed by atoms with Crippen LogP contribution in [0.1, 0.15) is 74.4 Å². The zero-order valence-corrected chi connectivity index (χ0v) is 25.9. The van der Waals surface area contributed by atoms with Gasteiger partial charge >= 0.3 is 6.09 Å². The van der Waals surface area contributed by atoms with Crippen molar-refractivity contribution in [2.75, 3.05) is 13.1 Å². The minimum absolute atomic E-state index is 0.179. The van der Waals surface area contributed by atoms with Crippen molar-refractivity contribution >= 4 is 12.0 Å². The second-order valence-corrected chi connectivity index (χ2v) is 13.0. The first kappa shape index (κ1) is 28.6. The van der Waals surface area contributed by atoms with E-state index in [1.54, 1.807) is 11.1 Å². The van der Waals surface area contributed by atoms with E-state index >= 15 is 0 Å². The number of carbonyl (C=O) groups is 2. The predicted octanol–water partition coefficient (Wildman–Crippen LogP) is 5.30. The average Bonchev–Trinajstić information content (AvgIpc) is 3.88. The van der Waals surface area contributed by atoms with Gasteiger partial charge in [-0.05, 0) is 62.4 Å². The lowest BCUT2D eigenvalue weighted by Gasteiger charge is -2.30. The molecule has 6 heterocycles. The molecule has 2 saturated heterocycles. The number of likely N-dealkylation sites (tertiary alicyclic amines) is 1. The third kappa shape index (κ3) is 4.87. The van der Waals surface area contributed by atoms with Gasteiger partial charge in [0.15, 0.2) is 0 Å². The van der Waals surface area contributed by atoms with Crippen molar-refractivity contribution in [3.63, 3.8) is 0 Å². The van der Waals surface area contributed by atoms with E-state index in [1.807, 2.05) is 26.1 Å². The minimum atomic E-state index is -1.20. The van der Waals surface area contributed by atoms with E-state index in [1.165, 1.54) is 0 Å². The highest BCUT2D eigenvalue weighted by Gasteiger charge is 2.37. The Morgan fingerprint density at radius 3 is 2.13 bits per heavy atom. The summed E-state index contributed by atoms with van der Waals surface area (Å²) in [4.78, 5) is 42.8. The molecule has 2 amide bonds. The van der Waals surface area contributed by atoms with Crippen LogP contribution in [0.4, 0.5) is 4.79 Å². The molecule has 2 aromatic heterocycles. The van der Waals surface area contributed by atoms with Gasteiger partial charge < -0.3 is 40.1 Å². The number of aromatic amines is 2. The Morgan fingerprint density at radius 2 is 1.54 bits per heavy atom. The summed E-state index contributed by atoms with van der Waals surface area (Å²) < 4.78 is 12.7.